The molecule has 0 fully saturated rings. The topological polar surface area (TPSA) is 55.7 Å². The maximum absolute atomic E-state index is 5.50. The summed E-state index contributed by atoms with van der Waals surface area (Å²) in [6.07, 6.45) is 11.0. The van der Waals surface area contributed by atoms with Gasteiger partial charge in [0.25, 0.3) is 0 Å². The van der Waals surface area contributed by atoms with Gasteiger partial charge in [0.15, 0.2) is 5.13 Å². The fourth-order valence-electron chi connectivity index (χ4n) is 1.93. The van der Waals surface area contributed by atoms with E-state index in [1.54, 1.807) is 37.9 Å². The number of aromatic nitrogens is 1. The average Bonchev–Trinajstić information content (AvgIpc) is 3.06. The molecule has 0 spiro atoms. The molecule has 0 saturated carbocycles. The molecule has 0 unspecified atom stereocenters. The number of anilines is 1. The second-order valence-electron chi connectivity index (χ2n) is 5.76. The third-order valence-corrected chi connectivity index (χ3v) is 3.89. The summed E-state index contributed by atoms with van der Waals surface area (Å²) in [6.45, 7) is 10.2. The number of nitrogens with one attached hydrogen (secondary N) is 1. The summed E-state index contributed by atoms with van der Waals surface area (Å²) in [6, 6.07) is 0.318. The van der Waals surface area contributed by atoms with Gasteiger partial charge in [-0.3, -0.25) is 0 Å². The molecule has 142 valence electrons. The van der Waals surface area contributed by atoms with Crippen molar-refractivity contribution >= 4 is 22.2 Å². The van der Waals surface area contributed by atoms with Gasteiger partial charge in [-0.15, -0.1) is 11.3 Å². The van der Waals surface area contributed by atoms with Gasteiger partial charge in [0.1, 0.15) is 11.5 Å². The van der Waals surface area contributed by atoms with E-state index in [4.69, 9.17) is 9.47 Å². The highest BCUT2D eigenvalue weighted by molar-refractivity contribution is 7.13. The van der Waals surface area contributed by atoms with Crippen LogP contribution in [0.4, 0.5) is 5.13 Å². The molecule has 0 aromatic carbocycles. The number of hydrogen-bond donors (Lipinski definition) is 1. The predicted molar refractivity (Wildman–Crippen MR) is 112 cm³/mol. The first-order valence-corrected chi connectivity index (χ1v) is 9.47. The molecular formula is C20H29N3O2S. The van der Waals surface area contributed by atoms with Crippen molar-refractivity contribution in [3.8, 4) is 0 Å². The van der Waals surface area contributed by atoms with E-state index in [0.29, 0.717) is 23.9 Å². The van der Waals surface area contributed by atoms with Crippen LogP contribution in [0, 0.1) is 0 Å². The first-order valence-electron chi connectivity index (χ1n) is 8.59. The van der Waals surface area contributed by atoms with Crippen LogP contribution >= 0.6 is 11.3 Å². The normalized spacial score (nSPS) is 13.0. The van der Waals surface area contributed by atoms with Crippen LogP contribution in [0.15, 0.2) is 59.0 Å². The van der Waals surface area contributed by atoms with Crippen LogP contribution in [-0.4, -0.2) is 31.0 Å². The molecule has 1 rings (SSSR count). The van der Waals surface area contributed by atoms with Gasteiger partial charge in [0.2, 0.25) is 0 Å². The Hall–Kier alpha value is -2.34. The Labute approximate surface area is 160 Å². The van der Waals surface area contributed by atoms with Crippen LogP contribution in [0.1, 0.15) is 39.3 Å². The number of aliphatic imine (C=N–C) groups is 1. The molecular weight excluding hydrogens is 346 g/mol. The van der Waals surface area contributed by atoms with Gasteiger partial charge in [-0.25, -0.2) is 9.98 Å². The van der Waals surface area contributed by atoms with Crippen molar-refractivity contribution in [3.05, 3.63) is 59.7 Å². The van der Waals surface area contributed by atoms with Gasteiger partial charge in [0, 0.05) is 23.9 Å². The first kappa shape index (κ1) is 21.7. The minimum Gasteiger partial charge on any atom is -0.504 e. The number of nitrogens with zero attached hydrogens (tertiary/aromatic N) is 2. The van der Waals surface area contributed by atoms with Crippen molar-refractivity contribution in [1.29, 1.82) is 0 Å². The van der Waals surface area contributed by atoms with E-state index in [-0.39, 0.29) is 0 Å². The SMILES string of the molecule is C=C(/C=C/OC)N=C(/C=C(\C/C=C\CC)OC)c1csc(NC(C)C)n1. The van der Waals surface area contributed by atoms with Gasteiger partial charge < -0.3 is 14.8 Å². The van der Waals surface area contributed by atoms with E-state index in [1.807, 2.05) is 11.5 Å². The van der Waals surface area contributed by atoms with E-state index >= 15 is 0 Å². The maximum atomic E-state index is 5.50. The molecule has 0 amide bonds. The third-order valence-electron chi connectivity index (χ3n) is 3.12. The minimum absolute atomic E-state index is 0.318. The van der Waals surface area contributed by atoms with E-state index < -0.39 is 0 Å². The molecule has 0 radical (unpaired) electrons. The zero-order valence-corrected chi connectivity index (χ0v) is 17.1. The number of hydrogen-bond acceptors (Lipinski definition) is 6. The number of allylic oxidation sites excluding steroid dienone is 4. The van der Waals surface area contributed by atoms with Crippen LogP contribution in [-0.2, 0) is 9.47 Å². The third kappa shape index (κ3) is 8.16. The van der Waals surface area contributed by atoms with Crippen molar-refractivity contribution in [3.63, 3.8) is 0 Å². The van der Waals surface area contributed by atoms with Crippen LogP contribution < -0.4 is 5.32 Å². The Bertz CT molecular complexity index is 685. The summed E-state index contributed by atoms with van der Waals surface area (Å²) in [7, 11) is 3.25. The molecule has 5 nitrogen and oxygen atoms in total. The molecule has 0 aliphatic carbocycles. The predicted octanol–water partition coefficient (Wildman–Crippen LogP) is 5.31. The van der Waals surface area contributed by atoms with E-state index in [0.717, 1.165) is 23.0 Å². The summed E-state index contributed by atoms with van der Waals surface area (Å²) >= 11 is 1.55. The minimum atomic E-state index is 0.318. The zero-order chi connectivity index (χ0) is 19.4. The van der Waals surface area contributed by atoms with Crippen LogP contribution in [0.5, 0.6) is 0 Å². The molecule has 1 N–H and O–H groups in total. The molecule has 0 aliphatic rings. The molecule has 6 heteroatoms. The monoisotopic (exact) mass is 375 g/mol. The quantitative estimate of drug-likeness (QED) is 0.246. The van der Waals surface area contributed by atoms with Crippen molar-refractivity contribution < 1.29 is 9.47 Å². The fourth-order valence-corrected chi connectivity index (χ4v) is 2.78. The van der Waals surface area contributed by atoms with E-state index in [1.165, 1.54) is 0 Å². The molecule has 1 heterocycles. The largest absolute Gasteiger partial charge is 0.504 e. The number of methoxy groups -OCH3 is 2. The molecule has 26 heavy (non-hydrogen) atoms. The van der Waals surface area contributed by atoms with Gasteiger partial charge >= 0.3 is 0 Å². The second-order valence-corrected chi connectivity index (χ2v) is 6.62. The summed E-state index contributed by atoms with van der Waals surface area (Å²) < 4.78 is 10.4. The van der Waals surface area contributed by atoms with Crippen molar-refractivity contribution in [2.75, 3.05) is 19.5 Å². The Morgan fingerprint density at radius 3 is 2.77 bits per heavy atom. The Morgan fingerprint density at radius 2 is 2.15 bits per heavy atom. The molecule has 0 atom stereocenters. The molecule has 0 aliphatic heterocycles. The van der Waals surface area contributed by atoms with Crippen molar-refractivity contribution in [2.45, 2.75) is 39.7 Å². The lowest BCUT2D eigenvalue weighted by Crippen LogP contribution is -2.09. The summed E-state index contributed by atoms with van der Waals surface area (Å²) in [5.41, 5.74) is 2.05. The highest BCUT2D eigenvalue weighted by Gasteiger charge is 2.10. The highest BCUT2D eigenvalue weighted by atomic mass is 32.1. The average molecular weight is 376 g/mol. The number of rotatable bonds is 11. The van der Waals surface area contributed by atoms with E-state index in [2.05, 4.69) is 54.8 Å². The van der Waals surface area contributed by atoms with Gasteiger partial charge in [0.05, 0.1) is 31.9 Å². The Morgan fingerprint density at radius 1 is 1.38 bits per heavy atom. The summed E-state index contributed by atoms with van der Waals surface area (Å²) in [5, 5.41) is 6.14. The molecule has 1 aromatic rings. The van der Waals surface area contributed by atoms with Gasteiger partial charge in [-0.1, -0.05) is 25.7 Å². The lowest BCUT2D eigenvalue weighted by atomic mass is 10.2. The first-order chi connectivity index (χ1) is 12.5. The van der Waals surface area contributed by atoms with Crippen molar-refractivity contribution in [2.24, 2.45) is 4.99 Å². The number of thiazole rings is 1. The standard InChI is InChI=1S/C20H29N3O2S/c1-7-8-9-10-17(25-6)13-18(22-16(4)11-12-24-5)19-14-26-20(23-19)21-15(2)3/h8-9,11-15H,4,7,10H2,1-3,5-6H3,(H,21,23)/b9-8-,12-11+,17-13+,22-18?. The Kier molecular flexibility index (Phi) is 10.1. The fraction of sp³-hybridized carbons (Fsp3) is 0.400. The second kappa shape index (κ2) is 12.1. The van der Waals surface area contributed by atoms with E-state index in [9.17, 15) is 0 Å². The smallest absolute Gasteiger partial charge is 0.183 e. The van der Waals surface area contributed by atoms with Crippen LogP contribution in [0.2, 0.25) is 0 Å². The molecule has 0 bridgehead atoms. The van der Waals surface area contributed by atoms with Crippen molar-refractivity contribution in [1.82, 2.24) is 4.98 Å². The highest BCUT2D eigenvalue weighted by Crippen LogP contribution is 2.19. The zero-order valence-electron chi connectivity index (χ0n) is 16.3. The van der Waals surface area contributed by atoms with Crippen LogP contribution in [0.25, 0.3) is 0 Å². The lowest BCUT2D eigenvalue weighted by molar-refractivity contribution is 0.285. The van der Waals surface area contributed by atoms with Gasteiger partial charge in [-0.05, 0) is 26.3 Å². The lowest BCUT2D eigenvalue weighted by Gasteiger charge is -2.06. The Balaban J connectivity index is 3.18. The summed E-state index contributed by atoms with van der Waals surface area (Å²) in [4.78, 5) is 9.21. The van der Waals surface area contributed by atoms with Gasteiger partial charge in [-0.2, -0.15) is 0 Å². The molecule has 1 aromatic heterocycles. The summed E-state index contributed by atoms with van der Waals surface area (Å²) in [5.74, 6) is 0.809. The maximum Gasteiger partial charge on any atom is 0.183 e. The van der Waals surface area contributed by atoms with Crippen LogP contribution in [0.3, 0.4) is 0 Å². The number of ether oxygens (including phenoxy) is 2. The molecule has 0 saturated heterocycles.